The minimum Gasteiger partial charge on any atom is -0.360 e. The first kappa shape index (κ1) is 11.6. The van der Waals surface area contributed by atoms with Gasteiger partial charge in [-0.15, -0.1) is 0 Å². The van der Waals surface area contributed by atoms with Gasteiger partial charge < -0.3 is 9.84 Å². The fourth-order valence-corrected chi connectivity index (χ4v) is 1.92. The molecule has 0 spiro atoms. The van der Waals surface area contributed by atoms with E-state index in [1.54, 1.807) is 13.0 Å². The molecule has 0 bridgehead atoms. The molecule has 0 aromatic carbocycles. The Balaban J connectivity index is 2.09. The van der Waals surface area contributed by atoms with Crippen LogP contribution in [-0.2, 0) is 9.59 Å². The summed E-state index contributed by atoms with van der Waals surface area (Å²) in [6.45, 7) is 5.40. The zero-order chi connectivity index (χ0) is 12.6. The first-order valence-electron chi connectivity index (χ1n) is 5.55. The lowest BCUT2D eigenvalue weighted by Gasteiger charge is -2.18. The van der Waals surface area contributed by atoms with Crippen LogP contribution in [-0.4, -0.2) is 34.0 Å². The van der Waals surface area contributed by atoms with Gasteiger partial charge >= 0.3 is 0 Å². The average Bonchev–Trinajstić information content (AvgIpc) is 2.73. The van der Waals surface area contributed by atoms with E-state index in [2.05, 4.69) is 10.5 Å². The molecule has 1 N–H and O–H groups in total. The number of hydrogen-bond donors (Lipinski definition) is 1. The SMILES string of the molecule is Cc1cc(NC2CC(=O)N(C(C)C)C2=O)no1. The van der Waals surface area contributed by atoms with E-state index >= 15 is 0 Å². The number of nitrogens with zero attached hydrogens (tertiary/aromatic N) is 2. The van der Waals surface area contributed by atoms with Crippen molar-refractivity contribution < 1.29 is 14.1 Å². The number of hydrogen-bond acceptors (Lipinski definition) is 5. The highest BCUT2D eigenvalue weighted by atomic mass is 16.5. The maximum absolute atomic E-state index is 12.0. The van der Waals surface area contributed by atoms with Crippen molar-refractivity contribution >= 4 is 17.6 Å². The van der Waals surface area contributed by atoms with Gasteiger partial charge in [-0.3, -0.25) is 14.5 Å². The Labute approximate surface area is 98.9 Å². The lowest BCUT2D eigenvalue weighted by atomic mass is 10.2. The second-order valence-electron chi connectivity index (χ2n) is 4.42. The highest BCUT2D eigenvalue weighted by Gasteiger charge is 2.40. The van der Waals surface area contributed by atoms with Gasteiger partial charge in [0.1, 0.15) is 11.8 Å². The fourth-order valence-electron chi connectivity index (χ4n) is 1.92. The highest BCUT2D eigenvalue weighted by Crippen LogP contribution is 2.20. The highest BCUT2D eigenvalue weighted by molar-refractivity contribution is 6.07. The minimum absolute atomic E-state index is 0.110. The molecule has 1 saturated heterocycles. The van der Waals surface area contributed by atoms with Crippen LogP contribution in [0.25, 0.3) is 0 Å². The maximum atomic E-state index is 12.0. The summed E-state index contributed by atoms with van der Waals surface area (Å²) in [6, 6.07) is 1.05. The van der Waals surface area contributed by atoms with Crippen LogP contribution in [0.15, 0.2) is 10.6 Å². The second kappa shape index (κ2) is 4.20. The van der Waals surface area contributed by atoms with Gasteiger partial charge in [0.25, 0.3) is 5.91 Å². The standard InChI is InChI=1S/C11H15N3O3/c1-6(2)14-10(15)5-8(11(14)16)12-9-4-7(3)17-13-9/h4,6,8H,5H2,1-3H3,(H,12,13). The number of rotatable bonds is 3. The molecule has 17 heavy (non-hydrogen) atoms. The molecule has 92 valence electrons. The van der Waals surface area contributed by atoms with Crippen molar-refractivity contribution in [2.45, 2.75) is 39.3 Å². The van der Waals surface area contributed by atoms with E-state index < -0.39 is 6.04 Å². The summed E-state index contributed by atoms with van der Waals surface area (Å²) in [5, 5.41) is 6.65. The largest absolute Gasteiger partial charge is 0.360 e. The Morgan fingerprint density at radius 2 is 2.24 bits per heavy atom. The van der Waals surface area contributed by atoms with Crippen molar-refractivity contribution in [3.63, 3.8) is 0 Å². The molecule has 2 rings (SSSR count). The first-order valence-corrected chi connectivity index (χ1v) is 5.55. The third kappa shape index (κ3) is 2.15. The molecule has 6 heteroatoms. The van der Waals surface area contributed by atoms with Crippen LogP contribution in [0.2, 0.25) is 0 Å². The Bertz CT molecular complexity index is 453. The predicted octanol–water partition coefficient (Wildman–Crippen LogP) is 0.931. The molecule has 1 fully saturated rings. The average molecular weight is 237 g/mol. The molecule has 0 aliphatic carbocycles. The third-order valence-corrected chi connectivity index (χ3v) is 2.65. The van der Waals surface area contributed by atoms with Crippen LogP contribution in [0, 0.1) is 6.92 Å². The quantitative estimate of drug-likeness (QED) is 0.791. The molecule has 1 aromatic heterocycles. The van der Waals surface area contributed by atoms with Crippen LogP contribution in [0.3, 0.4) is 0 Å². The van der Waals surface area contributed by atoms with Crippen LogP contribution in [0.5, 0.6) is 0 Å². The van der Waals surface area contributed by atoms with Gasteiger partial charge in [-0.2, -0.15) is 0 Å². The minimum atomic E-state index is -0.533. The molecule has 0 radical (unpaired) electrons. The van der Waals surface area contributed by atoms with Crippen molar-refractivity contribution in [2.24, 2.45) is 0 Å². The normalized spacial score (nSPS) is 20.5. The number of imide groups is 1. The molecule has 1 aliphatic heterocycles. The van der Waals surface area contributed by atoms with Crippen LogP contribution >= 0.6 is 0 Å². The molecule has 6 nitrogen and oxygen atoms in total. The Morgan fingerprint density at radius 3 is 2.71 bits per heavy atom. The zero-order valence-corrected chi connectivity index (χ0v) is 10.1. The van der Waals surface area contributed by atoms with E-state index in [1.165, 1.54) is 4.90 Å². The van der Waals surface area contributed by atoms with Crippen molar-refractivity contribution in [2.75, 3.05) is 5.32 Å². The molecule has 2 amide bonds. The van der Waals surface area contributed by atoms with Gasteiger partial charge in [-0.05, 0) is 20.8 Å². The summed E-state index contributed by atoms with van der Waals surface area (Å²) >= 11 is 0. The van der Waals surface area contributed by atoms with Gasteiger partial charge in [0, 0.05) is 12.1 Å². The van der Waals surface area contributed by atoms with Gasteiger partial charge in [-0.25, -0.2) is 0 Å². The topological polar surface area (TPSA) is 75.4 Å². The van der Waals surface area contributed by atoms with E-state index in [4.69, 9.17) is 4.52 Å². The predicted molar refractivity (Wildman–Crippen MR) is 60.3 cm³/mol. The first-order chi connectivity index (χ1) is 7.99. The molecule has 1 aliphatic rings. The number of aryl methyl sites for hydroxylation is 1. The molecule has 0 saturated carbocycles. The summed E-state index contributed by atoms with van der Waals surface area (Å²) < 4.78 is 4.89. The van der Waals surface area contributed by atoms with Crippen LogP contribution in [0.4, 0.5) is 5.82 Å². The smallest absolute Gasteiger partial charge is 0.252 e. The van der Waals surface area contributed by atoms with E-state index in [1.807, 2.05) is 13.8 Å². The Kier molecular flexibility index (Phi) is 2.87. The number of aromatic nitrogens is 1. The van der Waals surface area contributed by atoms with Crippen molar-refractivity contribution in [3.8, 4) is 0 Å². The summed E-state index contributed by atoms with van der Waals surface area (Å²) in [7, 11) is 0. The Hall–Kier alpha value is -1.85. The maximum Gasteiger partial charge on any atom is 0.252 e. The fraction of sp³-hybridized carbons (Fsp3) is 0.545. The van der Waals surface area contributed by atoms with Gasteiger partial charge in [0.2, 0.25) is 5.91 Å². The number of likely N-dealkylation sites (tertiary alicyclic amines) is 1. The number of nitrogens with one attached hydrogen (secondary N) is 1. The number of carbonyl (C=O) groups is 2. The van der Waals surface area contributed by atoms with Crippen molar-refractivity contribution in [1.82, 2.24) is 10.1 Å². The number of carbonyl (C=O) groups excluding carboxylic acids is 2. The molecule has 1 unspecified atom stereocenters. The summed E-state index contributed by atoms with van der Waals surface area (Å²) in [5.74, 6) is 0.789. The van der Waals surface area contributed by atoms with E-state index in [-0.39, 0.29) is 24.3 Å². The van der Waals surface area contributed by atoms with E-state index in [0.717, 1.165) is 0 Å². The van der Waals surface area contributed by atoms with Crippen LogP contribution in [0.1, 0.15) is 26.0 Å². The summed E-state index contributed by atoms with van der Waals surface area (Å²) in [5.41, 5.74) is 0. The van der Waals surface area contributed by atoms with E-state index in [9.17, 15) is 9.59 Å². The van der Waals surface area contributed by atoms with Crippen LogP contribution < -0.4 is 5.32 Å². The zero-order valence-electron chi connectivity index (χ0n) is 10.1. The monoisotopic (exact) mass is 237 g/mol. The molecular formula is C11H15N3O3. The molecule has 1 atom stereocenters. The lowest BCUT2D eigenvalue weighted by molar-refractivity contribution is -0.140. The number of amides is 2. The summed E-state index contributed by atoms with van der Waals surface area (Å²) in [4.78, 5) is 24.9. The molecular weight excluding hydrogens is 222 g/mol. The lowest BCUT2D eigenvalue weighted by Crippen LogP contribution is -2.39. The van der Waals surface area contributed by atoms with Gasteiger partial charge in [0.05, 0.1) is 6.42 Å². The van der Waals surface area contributed by atoms with Crippen molar-refractivity contribution in [1.29, 1.82) is 0 Å². The second-order valence-corrected chi connectivity index (χ2v) is 4.42. The molecule has 1 aromatic rings. The molecule has 2 heterocycles. The Morgan fingerprint density at radius 1 is 1.53 bits per heavy atom. The van der Waals surface area contributed by atoms with E-state index in [0.29, 0.717) is 11.6 Å². The van der Waals surface area contributed by atoms with Gasteiger partial charge in [0.15, 0.2) is 5.82 Å². The van der Waals surface area contributed by atoms with Gasteiger partial charge in [-0.1, -0.05) is 5.16 Å². The summed E-state index contributed by atoms with van der Waals surface area (Å²) in [6.07, 6.45) is 0.170. The number of anilines is 1. The van der Waals surface area contributed by atoms with Crippen molar-refractivity contribution in [3.05, 3.63) is 11.8 Å². The third-order valence-electron chi connectivity index (χ3n) is 2.65.